The molecule has 0 spiro atoms. The van der Waals surface area contributed by atoms with Crippen molar-refractivity contribution in [1.29, 1.82) is 0 Å². The minimum absolute atomic E-state index is 0.00889. The van der Waals surface area contributed by atoms with Crippen LogP contribution in [0.2, 0.25) is 5.02 Å². The van der Waals surface area contributed by atoms with Crippen LogP contribution in [0.15, 0.2) is 106 Å². The normalized spacial score (nSPS) is 15.7. The monoisotopic (exact) mass is 657 g/mol. The van der Waals surface area contributed by atoms with E-state index in [2.05, 4.69) is 5.32 Å². The van der Waals surface area contributed by atoms with Crippen LogP contribution < -0.4 is 10.1 Å². The topological polar surface area (TPSA) is 38.3 Å². The third kappa shape index (κ3) is 8.00. The third-order valence-corrected chi connectivity index (χ3v) is 10.1. The number of halogens is 5. The number of ketones is 1. The second-order valence-electron chi connectivity index (χ2n) is 10.3. The summed E-state index contributed by atoms with van der Waals surface area (Å²) >= 11 is 9.27. The third-order valence-electron chi connectivity index (χ3n) is 6.97. The molecule has 3 nitrogen and oxygen atoms in total. The molecule has 0 radical (unpaired) electrons. The molecule has 228 valence electrons. The molecule has 4 aromatic rings. The Bertz CT molecular complexity index is 1660. The molecule has 1 heterocycles. The van der Waals surface area contributed by atoms with Gasteiger partial charge in [-0.3, -0.25) is 4.79 Å². The molecule has 0 aromatic heterocycles. The Balaban J connectivity index is 1.37. The number of carbonyl (C=O) groups excluding carboxylic acids is 1. The van der Waals surface area contributed by atoms with Crippen LogP contribution in [0, 0.1) is 5.82 Å². The fourth-order valence-corrected chi connectivity index (χ4v) is 7.63. The van der Waals surface area contributed by atoms with Gasteiger partial charge in [0.2, 0.25) is 0 Å². The highest BCUT2D eigenvalue weighted by Crippen LogP contribution is 2.47. The number of hydrogen-bond acceptors (Lipinski definition) is 5. The van der Waals surface area contributed by atoms with Gasteiger partial charge in [-0.1, -0.05) is 65.8 Å². The summed E-state index contributed by atoms with van der Waals surface area (Å²) in [5.74, 6) is 0.0753. The van der Waals surface area contributed by atoms with Crippen LogP contribution in [-0.2, 0) is 17.4 Å². The van der Waals surface area contributed by atoms with Crippen LogP contribution in [0.25, 0.3) is 11.1 Å². The van der Waals surface area contributed by atoms with Crippen molar-refractivity contribution in [3.05, 3.63) is 129 Å². The van der Waals surface area contributed by atoms with Crippen molar-refractivity contribution in [3.8, 4) is 16.9 Å². The maximum Gasteiger partial charge on any atom is 0.416 e. The molecule has 0 saturated heterocycles. The maximum absolute atomic E-state index is 13.7. The number of Topliss-reactive ketones (excluding diaryl/α,β-unsaturated/α-hetero) is 1. The minimum Gasteiger partial charge on any atom is -0.486 e. The molecule has 4 aromatic carbocycles. The average Bonchev–Trinajstić information content (AvgIpc) is 3.39. The fraction of sp³-hybridized carbons (Fsp3) is 0.206. The van der Waals surface area contributed by atoms with Crippen LogP contribution in [0.1, 0.15) is 35.9 Å². The van der Waals surface area contributed by atoms with Gasteiger partial charge in [-0.05, 0) is 91.1 Å². The first-order valence-electron chi connectivity index (χ1n) is 13.7. The first kappa shape index (κ1) is 32.0. The second-order valence-corrected chi connectivity index (χ2v) is 13.2. The van der Waals surface area contributed by atoms with E-state index in [1.54, 1.807) is 35.7 Å². The molecule has 1 aliphatic rings. The fourth-order valence-electron chi connectivity index (χ4n) is 4.70. The number of benzene rings is 4. The number of alkyl halides is 3. The molecule has 1 N–H and O–H groups in total. The largest absolute Gasteiger partial charge is 0.486 e. The Labute approximate surface area is 267 Å². The lowest BCUT2D eigenvalue weighted by Crippen LogP contribution is -2.12. The predicted octanol–water partition coefficient (Wildman–Crippen LogP) is 10.1. The van der Waals surface area contributed by atoms with Crippen LogP contribution in [0.5, 0.6) is 5.75 Å². The predicted molar refractivity (Wildman–Crippen MR) is 170 cm³/mol. The quantitative estimate of drug-likeness (QED) is 0.136. The summed E-state index contributed by atoms with van der Waals surface area (Å²) in [4.78, 5) is 13.4. The molecule has 10 heteroatoms. The molecule has 2 atom stereocenters. The maximum atomic E-state index is 13.7. The summed E-state index contributed by atoms with van der Waals surface area (Å²) in [7, 11) is 0. The molecule has 1 aliphatic heterocycles. The Morgan fingerprint density at radius 1 is 0.977 bits per heavy atom. The van der Waals surface area contributed by atoms with Gasteiger partial charge in [0.25, 0.3) is 0 Å². The van der Waals surface area contributed by atoms with Crippen molar-refractivity contribution >= 4 is 40.9 Å². The van der Waals surface area contributed by atoms with Crippen molar-refractivity contribution in [2.45, 2.75) is 42.0 Å². The highest BCUT2D eigenvalue weighted by Gasteiger charge is 2.32. The van der Waals surface area contributed by atoms with Crippen molar-refractivity contribution in [3.63, 3.8) is 0 Å². The molecule has 0 amide bonds. The summed E-state index contributed by atoms with van der Waals surface area (Å²) in [5.41, 5.74) is 3.86. The van der Waals surface area contributed by atoms with Gasteiger partial charge < -0.3 is 10.1 Å². The van der Waals surface area contributed by atoms with Gasteiger partial charge in [-0.25, -0.2) is 4.39 Å². The van der Waals surface area contributed by atoms with Crippen LogP contribution in [0.3, 0.4) is 0 Å². The smallest absolute Gasteiger partial charge is 0.416 e. The zero-order valence-electron chi connectivity index (χ0n) is 23.8. The Morgan fingerprint density at radius 2 is 1.64 bits per heavy atom. The van der Waals surface area contributed by atoms with Crippen molar-refractivity contribution < 1.29 is 27.1 Å². The van der Waals surface area contributed by atoms with Gasteiger partial charge in [-0.15, -0.1) is 11.8 Å². The molecule has 0 aliphatic carbocycles. The van der Waals surface area contributed by atoms with E-state index in [1.165, 1.54) is 25.1 Å². The van der Waals surface area contributed by atoms with Crippen LogP contribution in [0.4, 0.5) is 17.6 Å². The van der Waals surface area contributed by atoms with E-state index in [9.17, 15) is 22.4 Å². The number of rotatable bonds is 10. The molecule has 2 unspecified atom stereocenters. The SMILES string of the molecule is CC(=O)COc1ccc(SC(Cc2ccc(-c3ccc(F)c(Cl)c3)cc2)C2=C(C)NC(c3ccc(C(F)(F)F)cc3)S2)cc1. The number of allylic oxidation sites excluding steroid dienone is 1. The Kier molecular flexibility index (Phi) is 9.97. The Morgan fingerprint density at radius 3 is 2.25 bits per heavy atom. The summed E-state index contributed by atoms with van der Waals surface area (Å²) < 4.78 is 58.5. The molecular formula is C34H28ClF4NO2S2. The van der Waals surface area contributed by atoms with Gasteiger partial charge in [0.1, 0.15) is 23.5 Å². The van der Waals surface area contributed by atoms with Gasteiger partial charge >= 0.3 is 6.18 Å². The van der Waals surface area contributed by atoms with E-state index in [4.69, 9.17) is 16.3 Å². The lowest BCUT2D eigenvalue weighted by Gasteiger charge is -2.20. The lowest BCUT2D eigenvalue weighted by molar-refractivity contribution is -0.137. The van der Waals surface area contributed by atoms with E-state index in [0.717, 1.165) is 49.9 Å². The van der Waals surface area contributed by atoms with Gasteiger partial charge in [0, 0.05) is 20.7 Å². The zero-order chi connectivity index (χ0) is 31.4. The summed E-state index contributed by atoms with van der Waals surface area (Å²) in [6, 6.07) is 25.5. The number of carbonyl (C=O) groups is 1. The molecular weight excluding hydrogens is 630 g/mol. The van der Waals surface area contributed by atoms with E-state index in [-0.39, 0.29) is 28.0 Å². The number of nitrogens with one attached hydrogen (secondary N) is 1. The van der Waals surface area contributed by atoms with E-state index in [0.29, 0.717) is 12.2 Å². The van der Waals surface area contributed by atoms with Crippen molar-refractivity contribution in [1.82, 2.24) is 5.32 Å². The van der Waals surface area contributed by atoms with Gasteiger partial charge in [0.05, 0.1) is 10.6 Å². The van der Waals surface area contributed by atoms with Crippen LogP contribution >= 0.6 is 35.1 Å². The number of ether oxygens (including phenoxy) is 1. The zero-order valence-corrected chi connectivity index (χ0v) is 26.1. The molecule has 44 heavy (non-hydrogen) atoms. The average molecular weight is 658 g/mol. The van der Waals surface area contributed by atoms with Crippen LogP contribution in [-0.4, -0.2) is 17.6 Å². The molecule has 0 fully saturated rings. The van der Waals surface area contributed by atoms with Gasteiger partial charge in [0.15, 0.2) is 5.78 Å². The van der Waals surface area contributed by atoms with Crippen molar-refractivity contribution in [2.24, 2.45) is 0 Å². The first-order valence-corrected chi connectivity index (χ1v) is 15.8. The lowest BCUT2D eigenvalue weighted by atomic mass is 10.0. The van der Waals surface area contributed by atoms with E-state index < -0.39 is 17.6 Å². The van der Waals surface area contributed by atoms with Gasteiger partial charge in [-0.2, -0.15) is 13.2 Å². The highest BCUT2D eigenvalue weighted by atomic mass is 35.5. The summed E-state index contributed by atoms with van der Waals surface area (Å²) in [6.45, 7) is 3.46. The van der Waals surface area contributed by atoms with E-state index >= 15 is 0 Å². The molecule has 0 saturated carbocycles. The van der Waals surface area contributed by atoms with Crippen molar-refractivity contribution in [2.75, 3.05) is 6.61 Å². The summed E-state index contributed by atoms with van der Waals surface area (Å²) in [6.07, 6.45) is -3.71. The van der Waals surface area contributed by atoms with E-state index in [1.807, 2.05) is 55.5 Å². The molecule has 5 rings (SSSR count). The number of hydrogen-bond donors (Lipinski definition) is 1. The minimum atomic E-state index is -4.39. The highest BCUT2D eigenvalue weighted by molar-refractivity contribution is 8.06. The summed E-state index contributed by atoms with van der Waals surface area (Å²) in [5, 5.41) is 3.30. The second kappa shape index (κ2) is 13.7. The standard InChI is InChI=1S/C34H28ClF4NO2S2/c1-20(41)19-42-27-12-14-28(15-13-27)43-31(17-22-3-5-23(6-4-22)25-9-16-30(36)29(35)18-25)32-21(2)40-33(44-32)24-7-10-26(11-8-24)34(37,38)39/h3-16,18,31,33,40H,17,19H2,1-2H3. The first-order chi connectivity index (χ1) is 21.0. The molecule has 0 bridgehead atoms. The Hall–Kier alpha value is -3.40. The number of thioether (sulfide) groups is 2.